The fraction of sp³-hybridized carbons (Fsp3) is 0.381. The highest BCUT2D eigenvalue weighted by Crippen LogP contribution is 2.20. The summed E-state index contributed by atoms with van der Waals surface area (Å²) in [5, 5.41) is 3.51. The van der Waals surface area contributed by atoms with E-state index in [1.54, 1.807) is 11.0 Å². The molecule has 1 saturated heterocycles. The molecule has 1 aliphatic heterocycles. The third-order valence-electron chi connectivity index (χ3n) is 5.03. The summed E-state index contributed by atoms with van der Waals surface area (Å²) < 4.78 is 1.88. The molecule has 28 heavy (non-hydrogen) atoms. The SMILES string of the molecule is C[n+]1ccc(Cl)c(CNC(=O)[C@@H]2CCCN2C(=O)[C@H](N)Cc2ccccc2)c1. The molecular formula is C21H26ClN4O2+. The molecule has 3 rings (SSSR count). The molecule has 2 atom stereocenters. The van der Waals surface area contributed by atoms with Crippen molar-refractivity contribution >= 4 is 23.4 Å². The number of hydrogen-bond acceptors (Lipinski definition) is 3. The second-order valence-corrected chi connectivity index (χ2v) is 7.59. The number of aryl methyl sites for hydroxylation is 1. The summed E-state index contributed by atoms with van der Waals surface area (Å²) in [5.41, 5.74) is 7.99. The molecule has 2 heterocycles. The van der Waals surface area contributed by atoms with Crippen molar-refractivity contribution in [3.8, 4) is 0 Å². The minimum absolute atomic E-state index is 0.166. The van der Waals surface area contributed by atoms with Crippen LogP contribution in [0.4, 0.5) is 0 Å². The van der Waals surface area contributed by atoms with Crippen LogP contribution in [0.2, 0.25) is 5.02 Å². The predicted octanol–water partition coefficient (Wildman–Crippen LogP) is 1.34. The standard InChI is InChI=1S/C21H25ClN4O2/c1-25-11-9-17(22)16(14-25)13-24-20(27)19-8-5-10-26(19)21(28)18(23)12-15-6-3-2-4-7-15/h2-4,6-7,9,11,14,18-19H,5,8,10,12-13,23H2,1H3/p+1/t18-,19+/m1/s1. The number of carbonyl (C=O) groups is 2. The van der Waals surface area contributed by atoms with E-state index in [0.29, 0.717) is 31.0 Å². The first-order chi connectivity index (χ1) is 13.5. The van der Waals surface area contributed by atoms with Crippen LogP contribution in [0.25, 0.3) is 0 Å². The Morgan fingerprint density at radius 2 is 2.07 bits per heavy atom. The second kappa shape index (κ2) is 9.17. The lowest BCUT2D eigenvalue weighted by atomic mass is 10.1. The summed E-state index contributed by atoms with van der Waals surface area (Å²) in [6.07, 6.45) is 5.62. The van der Waals surface area contributed by atoms with Crippen LogP contribution in [0.1, 0.15) is 24.0 Å². The van der Waals surface area contributed by atoms with Crippen molar-refractivity contribution in [1.82, 2.24) is 10.2 Å². The number of nitrogens with two attached hydrogens (primary N) is 1. The molecular weight excluding hydrogens is 376 g/mol. The van der Waals surface area contributed by atoms with E-state index in [9.17, 15) is 9.59 Å². The van der Waals surface area contributed by atoms with Gasteiger partial charge in [0.2, 0.25) is 11.8 Å². The number of nitrogens with zero attached hydrogens (tertiary/aromatic N) is 2. The number of hydrogen-bond donors (Lipinski definition) is 2. The first-order valence-corrected chi connectivity index (χ1v) is 9.85. The fourth-order valence-corrected chi connectivity index (χ4v) is 3.71. The van der Waals surface area contributed by atoms with Gasteiger partial charge in [0.1, 0.15) is 13.1 Å². The van der Waals surface area contributed by atoms with Gasteiger partial charge in [-0.25, -0.2) is 4.57 Å². The Kier molecular flexibility index (Phi) is 6.65. The van der Waals surface area contributed by atoms with Crippen LogP contribution < -0.4 is 15.6 Å². The molecule has 0 aliphatic carbocycles. The quantitative estimate of drug-likeness (QED) is 0.717. The van der Waals surface area contributed by atoms with Crippen LogP contribution in [0, 0.1) is 0 Å². The van der Waals surface area contributed by atoms with Gasteiger partial charge in [0, 0.05) is 12.6 Å². The largest absolute Gasteiger partial charge is 0.350 e. The molecule has 0 unspecified atom stereocenters. The van der Waals surface area contributed by atoms with Crippen LogP contribution in [0.5, 0.6) is 0 Å². The molecule has 1 fully saturated rings. The van der Waals surface area contributed by atoms with Gasteiger partial charge >= 0.3 is 0 Å². The van der Waals surface area contributed by atoms with Gasteiger partial charge in [-0.05, 0) is 24.8 Å². The average molecular weight is 402 g/mol. The van der Waals surface area contributed by atoms with E-state index in [0.717, 1.165) is 17.5 Å². The van der Waals surface area contributed by atoms with Crippen molar-refractivity contribution in [3.63, 3.8) is 0 Å². The Labute approximate surface area is 170 Å². The van der Waals surface area contributed by atoms with Crippen LogP contribution in [-0.2, 0) is 29.6 Å². The number of likely N-dealkylation sites (tertiary alicyclic amines) is 1. The van der Waals surface area contributed by atoms with Crippen LogP contribution >= 0.6 is 11.6 Å². The zero-order valence-electron chi connectivity index (χ0n) is 16.0. The van der Waals surface area contributed by atoms with Gasteiger partial charge in [0.05, 0.1) is 23.2 Å². The number of benzene rings is 1. The van der Waals surface area contributed by atoms with Gasteiger partial charge < -0.3 is 16.0 Å². The zero-order chi connectivity index (χ0) is 20.1. The molecule has 0 saturated carbocycles. The summed E-state index contributed by atoms with van der Waals surface area (Å²) in [7, 11) is 1.90. The molecule has 1 aromatic carbocycles. The lowest BCUT2D eigenvalue weighted by molar-refractivity contribution is -0.671. The second-order valence-electron chi connectivity index (χ2n) is 7.19. The van der Waals surface area contributed by atoms with E-state index in [1.807, 2.05) is 54.3 Å². The molecule has 7 heteroatoms. The monoisotopic (exact) mass is 401 g/mol. The highest BCUT2D eigenvalue weighted by molar-refractivity contribution is 6.31. The first-order valence-electron chi connectivity index (χ1n) is 9.47. The Morgan fingerprint density at radius 3 is 2.82 bits per heavy atom. The molecule has 1 aromatic heterocycles. The molecule has 3 N–H and O–H groups in total. The van der Waals surface area contributed by atoms with Crippen molar-refractivity contribution in [1.29, 1.82) is 0 Å². The third-order valence-corrected chi connectivity index (χ3v) is 5.40. The average Bonchev–Trinajstić information content (AvgIpc) is 3.18. The molecule has 2 amide bonds. The van der Waals surface area contributed by atoms with E-state index in [2.05, 4.69) is 5.32 Å². The number of rotatable bonds is 6. The predicted molar refractivity (Wildman–Crippen MR) is 107 cm³/mol. The van der Waals surface area contributed by atoms with Crippen molar-refractivity contribution in [3.05, 3.63) is 64.9 Å². The first kappa shape index (κ1) is 20.3. The van der Waals surface area contributed by atoms with Gasteiger partial charge in [0.25, 0.3) is 0 Å². The van der Waals surface area contributed by atoms with Crippen molar-refractivity contribution < 1.29 is 14.2 Å². The normalized spacial score (nSPS) is 17.4. The van der Waals surface area contributed by atoms with Crippen LogP contribution in [0.15, 0.2) is 48.8 Å². The number of nitrogens with one attached hydrogen (secondary N) is 1. The molecule has 1 aliphatic rings. The maximum atomic E-state index is 12.8. The van der Waals surface area contributed by atoms with E-state index < -0.39 is 12.1 Å². The highest BCUT2D eigenvalue weighted by atomic mass is 35.5. The van der Waals surface area contributed by atoms with Gasteiger partial charge in [-0.1, -0.05) is 41.9 Å². The maximum absolute atomic E-state index is 12.8. The third kappa shape index (κ3) is 4.88. The summed E-state index contributed by atoms with van der Waals surface area (Å²) in [6.45, 7) is 0.876. The Bertz CT molecular complexity index is 844. The minimum Gasteiger partial charge on any atom is -0.350 e. The zero-order valence-corrected chi connectivity index (χ0v) is 16.7. The van der Waals surface area contributed by atoms with Crippen molar-refractivity contribution in [2.24, 2.45) is 12.8 Å². The van der Waals surface area contributed by atoms with E-state index in [4.69, 9.17) is 17.3 Å². The van der Waals surface area contributed by atoms with E-state index in [-0.39, 0.29) is 11.8 Å². The lowest BCUT2D eigenvalue weighted by Gasteiger charge is -2.26. The molecule has 0 radical (unpaired) electrons. The Balaban J connectivity index is 1.60. The van der Waals surface area contributed by atoms with E-state index in [1.165, 1.54) is 0 Å². The molecule has 6 nitrogen and oxygen atoms in total. The molecule has 2 aromatic rings. The summed E-state index contributed by atoms with van der Waals surface area (Å²) in [6, 6.07) is 10.3. The van der Waals surface area contributed by atoms with E-state index >= 15 is 0 Å². The summed E-state index contributed by atoms with van der Waals surface area (Å²) >= 11 is 6.19. The van der Waals surface area contributed by atoms with Crippen LogP contribution in [0.3, 0.4) is 0 Å². The number of amides is 2. The van der Waals surface area contributed by atoms with Gasteiger partial charge in [-0.3, -0.25) is 9.59 Å². The smallest absolute Gasteiger partial charge is 0.243 e. The number of halogens is 1. The van der Waals surface area contributed by atoms with Crippen molar-refractivity contribution in [2.75, 3.05) is 6.54 Å². The highest BCUT2D eigenvalue weighted by Gasteiger charge is 2.36. The van der Waals surface area contributed by atoms with Gasteiger partial charge in [0.15, 0.2) is 12.4 Å². The molecule has 0 spiro atoms. The minimum atomic E-state index is -0.654. The van der Waals surface area contributed by atoms with Crippen LogP contribution in [-0.4, -0.2) is 35.3 Å². The number of aromatic nitrogens is 1. The van der Waals surface area contributed by atoms with Gasteiger partial charge in [-0.2, -0.15) is 0 Å². The summed E-state index contributed by atoms with van der Waals surface area (Å²) in [5.74, 6) is -0.342. The molecule has 0 bridgehead atoms. The maximum Gasteiger partial charge on any atom is 0.243 e. The number of carbonyl (C=O) groups excluding carboxylic acids is 2. The topological polar surface area (TPSA) is 79.3 Å². The molecule has 148 valence electrons. The Morgan fingerprint density at radius 1 is 1.32 bits per heavy atom. The van der Waals surface area contributed by atoms with Crippen molar-refractivity contribution in [2.45, 2.75) is 37.9 Å². The Hall–Kier alpha value is -2.44. The number of pyridine rings is 1. The summed E-state index contributed by atoms with van der Waals surface area (Å²) in [4.78, 5) is 27.2. The fourth-order valence-electron chi connectivity index (χ4n) is 3.54. The lowest BCUT2D eigenvalue weighted by Crippen LogP contribution is -2.51. The van der Waals surface area contributed by atoms with Gasteiger partial charge in [-0.15, -0.1) is 0 Å².